The first kappa shape index (κ1) is 16.7. The van der Waals surface area contributed by atoms with Crippen LogP contribution in [-0.2, 0) is 6.54 Å². The molecule has 1 atom stereocenters. The Morgan fingerprint density at radius 2 is 2.00 bits per heavy atom. The molecule has 1 aliphatic heterocycles. The van der Waals surface area contributed by atoms with Crippen LogP contribution < -0.4 is 0 Å². The van der Waals surface area contributed by atoms with Gasteiger partial charge in [0.25, 0.3) is 5.89 Å². The second kappa shape index (κ2) is 6.62. The largest absolute Gasteiger partial charge is 0.456 e. The molecule has 27 heavy (non-hydrogen) atoms. The molecular formula is C21H21N3O2S. The number of nitrogens with zero attached hydrogens (tertiary/aromatic N) is 3. The number of oxazole rings is 1. The molecule has 0 radical (unpaired) electrons. The van der Waals surface area contributed by atoms with E-state index < -0.39 is 0 Å². The number of hydrogen-bond acceptors (Lipinski definition) is 6. The zero-order chi connectivity index (χ0) is 18.4. The molecule has 0 saturated carbocycles. The third kappa shape index (κ3) is 3.09. The first-order chi connectivity index (χ1) is 13.2. The zero-order valence-electron chi connectivity index (χ0n) is 15.4. The van der Waals surface area contributed by atoms with Crippen LogP contribution in [-0.4, -0.2) is 21.4 Å². The summed E-state index contributed by atoms with van der Waals surface area (Å²) in [5, 5.41) is 1.21. The van der Waals surface area contributed by atoms with Crippen LogP contribution in [0.1, 0.15) is 41.1 Å². The lowest BCUT2D eigenvalue weighted by atomic mass is 10.2. The number of aryl methyl sites for hydroxylation is 2. The van der Waals surface area contributed by atoms with Crippen LogP contribution in [0.15, 0.2) is 45.2 Å². The molecule has 138 valence electrons. The van der Waals surface area contributed by atoms with Crippen molar-refractivity contribution in [2.75, 3.05) is 6.54 Å². The second-order valence-corrected chi connectivity index (χ2v) is 8.14. The summed E-state index contributed by atoms with van der Waals surface area (Å²) in [4.78, 5) is 12.1. The number of benzene rings is 1. The molecule has 1 fully saturated rings. The summed E-state index contributed by atoms with van der Waals surface area (Å²) < 4.78 is 12.8. The van der Waals surface area contributed by atoms with Crippen molar-refractivity contribution in [1.82, 2.24) is 14.9 Å². The van der Waals surface area contributed by atoms with E-state index in [9.17, 15) is 0 Å². The topological polar surface area (TPSA) is 55.3 Å². The quantitative estimate of drug-likeness (QED) is 0.469. The van der Waals surface area contributed by atoms with Gasteiger partial charge in [-0.25, -0.2) is 9.97 Å². The van der Waals surface area contributed by atoms with Crippen LogP contribution in [0.25, 0.3) is 21.9 Å². The molecule has 4 aromatic rings. The summed E-state index contributed by atoms with van der Waals surface area (Å²) in [6, 6.07) is 12.6. The molecule has 0 amide bonds. The van der Waals surface area contributed by atoms with E-state index in [0.29, 0.717) is 17.7 Å². The number of rotatable bonds is 4. The average Bonchev–Trinajstić information content (AvgIpc) is 3.42. The minimum atomic E-state index is 0.354. The van der Waals surface area contributed by atoms with Gasteiger partial charge in [-0.05, 0) is 57.5 Å². The average molecular weight is 379 g/mol. The highest BCUT2D eigenvalue weighted by Gasteiger charge is 2.30. The lowest BCUT2D eigenvalue weighted by Gasteiger charge is -2.21. The molecule has 3 aromatic heterocycles. The molecule has 6 heteroatoms. The second-order valence-electron chi connectivity index (χ2n) is 7.08. The van der Waals surface area contributed by atoms with Gasteiger partial charge in [-0.15, -0.1) is 11.3 Å². The minimum Gasteiger partial charge on any atom is -0.456 e. The Kier molecular flexibility index (Phi) is 4.10. The molecule has 0 spiro atoms. The van der Waals surface area contributed by atoms with Gasteiger partial charge in [-0.1, -0.05) is 12.1 Å². The highest BCUT2D eigenvalue weighted by molar-refractivity contribution is 7.18. The normalized spacial score (nSPS) is 17.9. The zero-order valence-corrected chi connectivity index (χ0v) is 16.3. The highest BCUT2D eigenvalue weighted by atomic mass is 32.1. The van der Waals surface area contributed by atoms with Gasteiger partial charge in [-0.2, -0.15) is 0 Å². The summed E-state index contributed by atoms with van der Waals surface area (Å²) in [7, 11) is 0. The summed E-state index contributed by atoms with van der Waals surface area (Å²) >= 11 is 1.81. The highest BCUT2D eigenvalue weighted by Crippen LogP contribution is 2.37. The fourth-order valence-electron chi connectivity index (χ4n) is 3.75. The van der Waals surface area contributed by atoms with Gasteiger partial charge >= 0.3 is 0 Å². The van der Waals surface area contributed by atoms with Crippen LogP contribution in [0, 0.1) is 13.8 Å². The first-order valence-electron chi connectivity index (χ1n) is 9.30. The molecular weight excluding hydrogens is 358 g/mol. The maximum atomic E-state index is 5.87. The van der Waals surface area contributed by atoms with Crippen LogP contribution in [0.3, 0.4) is 0 Å². The van der Waals surface area contributed by atoms with Gasteiger partial charge in [0.05, 0.1) is 22.0 Å². The Morgan fingerprint density at radius 3 is 2.81 bits per heavy atom. The third-order valence-corrected chi connectivity index (χ3v) is 6.29. The predicted molar refractivity (Wildman–Crippen MR) is 106 cm³/mol. The van der Waals surface area contributed by atoms with Crippen molar-refractivity contribution in [2.24, 2.45) is 0 Å². The van der Waals surface area contributed by atoms with Crippen molar-refractivity contribution in [2.45, 2.75) is 39.3 Å². The van der Waals surface area contributed by atoms with E-state index >= 15 is 0 Å². The first-order valence-corrected chi connectivity index (χ1v) is 10.1. The Labute approximate surface area is 161 Å². The minimum absolute atomic E-state index is 0.354. The van der Waals surface area contributed by atoms with Crippen molar-refractivity contribution < 1.29 is 8.83 Å². The van der Waals surface area contributed by atoms with Crippen molar-refractivity contribution >= 4 is 21.6 Å². The number of likely N-dealkylation sites (tertiary alicyclic amines) is 1. The fraction of sp³-hybridized carbons (Fsp3) is 0.333. The predicted octanol–water partition coefficient (Wildman–Crippen LogP) is 5.50. The molecule has 1 saturated heterocycles. The Morgan fingerprint density at radius 1 is 1.11 bits per heavy atom. The Bertz CT molecular complexity index is 1060. The van der Waals surface area contributed by atoms with Gasteiger partial charge in [0, 0.05) is 6.54 Å². The van der Waals surface area contributed by atoms with Crippen molar-refractivity contribution in [3.05, 3.63) is 58.6 Å². The molecule has 5 nitrogen and oxygen atoms in total. The molecule has 1 aromatic carbocycles. The van der Waals surface area contributed by atoms with Gasteiger partial charge in [-0.3, -0.25) is 4.90 Å². The standard InChI is InChI=1S/C21H21N3O2S/c1-13-9-10-18(25-13)20-22-16(14(2)26-20)12-24-11-5-7-17(24)21-23-15-6-3-4-8-19(15)27-21/h3-4,6,8-10,17H,5,7,11-12H2,1-2H3. The molecule has 0 aliphatic carbocycles. The van der Waals surface area contributed by atoms with E-state index in [4.69, 9.17) is 18.8 Å². The summed E-state index contributed by atoms with van der Waals surface area (Å²) in [5.74, 6) is 2.96. The van der Waals surface area contributed by atoms with Gasteiger partial charge in [0.15, 0.2) is 5.76 Å². The Balaban J connectivity index is 1.40. The van der Waals surface area contributed by atoms with Crippen LogP contribution in [0.4, 0.5) is 0 Å². The number of furan rings is 1. The monoisotopic (exact) mass is 379 g/mol. The maximum Gasteiger partial charge on any atom is 0.263 e. The smallest absolute Gasteiger partial charge is 0.263 e. The molecule has 0 bridgehead atoms. The number of hydrogen-bond donors (Lipinski definition) is 0. The summed E-state index contributed by atoms with van der Waals surface area (Å²) in [6.07, 6.45) is 2.32. The van der Waals surface area contributed by atoms with E-state index in [1.54, 1.807) is 11.3 Å². The summed E-state index contributed by atoms with van der Waals surface area (Å²) in [5.41, 5.74) is 2.07. The van der Waals surface area contributed by atoms with E-state index in [0.717, 1.165) is 42.2 Å². The van der Waals surface area contributed by atoms with Crippen molar-refractivity contribution in [3.8, 4) is 11.7 Å². The van der Waals surface area contributed by atoms with E-state index in [2.05, 4.69) is 29.2 Å². The third-order valence-electron chi connectivity index (χ3n) is 5.16. The van der Waals surface area contributed by atoms with Crippen LogP contribution in [0.2, 0.25) is 0 Å². The van der Waals surface area contributed by atoms with E-state index in [1.165, 1.54) is 16.1 Å². The van der Waals surface area contributed by atoms with Crippen LogP contribution in [0.5, 0.6) is 0 Å². The molecule has 1 unspecified atom stereocenters. The van der Waals surface area contributed by atoms with E-state index in [-0.39, 0.29) is 0 Å². The molecule has 4 heterocycles. The van der Waals surface area contributed by atoms with E-state index in [1.807, 2.05) is 26.0 Å². The molecule has 1 aliphatic rings. The molecule has 5 rings (SSSR count). The lowest BCUT2D eigenvalue weighted by Crippen LogP contribution is -2.23. The van der Waals surface area contributed by atoms with Gasteiger partial charge in [0.2, 0.25) is 0 Å². The van der Waals surface area contributed by atoms with Crippen molar-refractivity contribution in [3.63, 3.8) is 0 Å². The van der Waals surface area contributed by atoms with Crippen LogP contribution >= 0.6 is 11.3 Å². The lowest BCUT2D eigenvalue weighted by molar-refractivity contribution is 0.244. The molecule has 0 N–H and O–H groups in total. The number of fused-ring (bicyclic) bond motifs is 1. The fourth-order valence-corrected chi connectivity index (χ4v) is 4.89. The Hall–Kier alpha value is -2.44. The number of para-hydroxylation sites is 1. The van der Waals surface area contributed by atoms with Gasteiger partial charge < -0.3 is 8.83 Å². The number of aromatic nitrogens is 2. The SMILES string of the molecule is Cc1ccc(-c2nc(CN3CCCC3c3nc4ccccc4s3)c(C)o2)o1. The number of thiazole rings is 1. The van der Waals surface area contributed by atoms with Crippen molar-refractivity contribution in [1.29, 1.82) is 0 Å². The van der Waals surface area contributed by atoms with Gasteiger partial charge in [0.1, 0.15) is 16.5 Å². The maximum absolute atomic E-state index is 5.87. The summed E-state index contributed by atoms with van der Waals surface area (Å²) in [6.45, 7) is 5.73.